The Bertz CT molecular complexity index is 593. The SMILES string of the molecule is CCOC(=O)N1CCC(NC(=NC)NCC(C)(C)c2ccccc2)CC1. The number of nitrogens with zero attached hydrogens (tertiary/aromatic N) is 2. The smallest absolute Gasteiger partial charge is 0.409 e. The summed E-state index contributed by atoms with van der Waals surface area (Å²) >= 11 is 0. The van der Waals surface area contributed by atoms with Crippen molar-refractivity contribution in [2.45, 2.75) is 45.1 Å². The molecule has 0 saturated carbocycles. The van der Waals surface area contributed by atoms with E-state index in [0.717, 1.165) is 25.3 Å². The quantitative estimate of drug-likeness (QED) is 0.626. The molecule has 1 aliphatic heterocycles. The number of hydrogen-bond donors (Lipinski definition) is 2. The summed E-state index contributed by atoms with van der Waals surface area (Å²) in [7, 11) is 1.79. The zero-order chi connectivity index (χ0) is 19.0. The summed E-state index contributed by atoms with van der Waals surface area (Å²) in [5.74, 6) is 0.809. The Balaban J connectivity index is 1.81. The van der Waals surface area contributed by atoms with E-state index in [0.29, 0.717) is 25.7 Å². The average molecular weight is 361 g/mol. The van der Waals surface area contributed by atoms with E-state index in [9.17, 15) is 4.79 Å². The molecule has 1 heterocycles. The van der Waals surface area contributed by atoms with Gasteiger partial charge in [-0.2, -0.15) is 0 Å². The molecule has 1 aliphatic rings. The van der Waals surface area contributed by atoms with Gasteiger partial charge in [-0.1, -0.05) is 44.2 Å². The molecule has 6 heteroatoms. The third-order valence-corrected chi connectivity index (χ3v) is 4.84. The molecule has 0 spiro atoms. The van der Waals surface area contributed by atoms with E-state index in [1.54, 1.807) is 11.9 Å². The number of amides is 1. The van der Waals surface area contributed by atoms with Crippen molar-refractivity contribution < 1.29 is 9.53 Å². The van der Waals surface area contributed by atoms with Gasteiger partial charge < -0.3 is 20.3 Å². The molecule has 0 bridgehead atoms. The van der Waals surface area contributed by atoms with Gasteiger partial charge in [-0.25, -0.2) is 4.79 Å². The van der Waals surface area contributed by atoms with Crippen LogP contribution in [0.5, 0.6) is 0 Å². The molecule has 2 rings (SSSR count). The van der Waals surface area contributed by atoms with Crippen molar-refractivity contribution in [3.63, 3.8) is 0 Å². The van der Waals surface area contributed by atoms with Gasteiger partial charge in [-0.15, -0.1) is 0 Å². The molecule has 0 aromatic heterocycles. The predicted molar refractivity (Wildman–Crippen MR) is 106 cm³/mol. The number of hydrogen-bond acceptors (Lipinski definition) is 3. The molecule has 1 aromatic rings. The highest BCUT2D eigenvalue weighted by Crippen LogP contribution is 2.21. The van der Waals surface area contributed by atoms with Gasteiger partial charge in [0, 0.05) is 38.1 Å². The molecule has 0 aliphatic carbocycles. The topological polar surface area (TPSA) is 66.0 Å². The van der Waals surface area contributed by atoms with Crippen molar-refractivity contribution in [2.24, 2.45) is 4.99 Å². The Morgan fingerprint density at radius 2 is 1.92 bits per heavy atom. The van der Waals surface area contributed by atoms with Gasteiger partial charge in [0.25, 0.3) is 0 Å². The van der Waals surface area contributed by atoms with E-state index < -0.39 is 0 Å². The van der Waals surface area contributed by atoms with E-state index in [-0.39, 0.29) is 11.5 Å². The van der Waals surface area contributed by atoms with Gasteiger partial charge in [-0.3, -0.25) is 4.99 Å². The minimum atomic E-state index is -0.210. The lowest BCUT2D eigenvalue weighted by atomic mass is 9.85. The number of piperidine rings is 1. The van der Waals surface area contributed by atoms with Crippen molar-refractivity contribution in [2.75, 3.05) is 33.3 Å². The molecule has 2 N–H and O–H groups in total. The molecule has 1 fully saturated rings. The second-order valence-corrected chi connectivity index (χ2v) is 7.28. The third-order valence-electron chi connectivity index (χ3n) is 4.84. The Labute approximate surface area is 157 Å². The molecule has 26 heavy (non-hydrogen) atoms. The number of likely N-dealkylation sites (tertiary alicyclic amines) is 1. The average Bonchev–Trinajstić information content (AvgIpc) is 2.66. The third kappa shape index (κ3) is 5.64. The van der Waals surface area contributed by atoms with Gasteiger partial charge in [-0.05, 0) is 25.3 Å². The Kier molecular flexibility index (Phi) is 7.30. The molecular weight excluding hydrogens is 328 g/mol. The fourth-order valence-electron chi connectivity index (χ4n) is 3.11. The summed E-state index contributed by atoms with van der Waals surface area (Å²) in [4.78, 5) is 17.9. The number of aliphatic imine (C=N–C) groups is 1. The van der Waals surface area contributed by atoms with E-state index >= 15 is 0 Å². The normalized spacial score (nSPS) is 16.3. The van der Waals surface area contributed by atoms with Crippen LogP contribution in [0.15, 0.2) is 35.3 Å². The highest BCUT2D eigenvalue weighted by molar-refractivity contribution is 5.80. The lowest BCUT2D eigenvalue weighted by Crippen LogP contribution is -2.51. The maximum atomic E-state index is 11.8. The number of benzene rings is 1. The summed E-state index contributed by atoms with van der Waals surface area (Å²) in [5, 5.41) is 6.92. The molecule has 1 amide bonds. The van der Waals surface area contributed by atoms with Crippen LogP contribution >= 0.6 is 0 Å². The van der Waals surface area contributed by atoms with E-state index in [4.69, 9.17) is 4.74 Å². The Morgan fingerprint density at radius 3 is 2.50 bits per heavy atom. The van der Waals surface area contributed by atoms with Gasteiger partial charge in [0.1, 0.15) is 0 Å². The van der Waals surface area contributed by atoms with Crippen molar-refractivity contribution >= 4 is 12.1 Å². The van der Waals surface area contributed by atoms with Gasteiger partial charge >= 0.3 is 6.09 Å². The summed E-state index contributed by atoms with van der Waals surface area (Å²) in [6.07, 6.45) is 1.57. The first-order valence-corrected chi connectivity index (χ1v) is 9.40. The number of rotatable bonds is 5. The van der Waals surface area contributed by atoms with Crippen LogP contribution in [0.2, 0.25) is 0 Å². The van der Waals surface area contributed by atoms with Crippen LogP contribution in [0.1, 0.15) is 39.2 Å². The van der Waals surface area contributed by atoms with Gasteiger partial charge in [0.05, 0.1) is 6.61 Å². The van der Waals surface area contributed by atoms with Crippen LogP contribution in [-0.2, 0) is 10.2 Å². The fraction of sp³-hybridized carbons (Fsp3) is 0.600. The molecule has 0 unspecified atom stereocenters. The van der Waals surface area contributed by atoms with Crippen LogP contribution in [0.4, 0.5) is 4.79 Å². The molecule has 6 nitrogen and oxygen atoms in total. The van der Waals surface area contributed by atoms with Crippen molar-refractivity contribution in [1.82, 2.24) is 15.5 Å². The first-order valence-electron chi connectivity index (χ1n) is 9.40. The number of guanidine groups is 1. The zero-order valence-corrected chi connectivity index (χ0v) is 16.4. The molecule has 1 aromatic carbocycles. The largest absolute Gasteiger partial charge is 0.450 e. The fourth-order valence-corrected chi connectivity index (χ4v) is 3.11. The number of ether oxygens (including phenoxy) is 1. The summed E-state index contributed by atoms with van der Waals surface area (Å²) in [5.41, 5.74) is 1.30. The first-order chi connectivity index (χ1) is 12.5. The maximum absolute atomic E-state index is 11.8. The van der Waals surface area contributed by atoms with Gasteiger partial charge in [0.2, 0.25) is 0 Å². The van der Waals surface area contributed by atoms with Crippen LogP contribution in [0.3, 0.4) is 0 Å². The van der Waals surface area contributed by atoms with E-state index in [2.05, 4.69) is 53.7 Å². The molecule has 144 valence electrons. The number of carbonyl (C=O) groups excluding carboxylic acids is 1. The Morgan fingerprint density at radius 1 is 1.27 bits per heavy atom. The van der Waals surface area contributed by atoms with Gasteiger partial charge in [0.15, 0.2) is 5.96 Å². The predicted octanol–water partition coefficient (Wildman–Crippen LogP) is 2.75. The van der Waals surface area contributed by atoms with Crippen LogP contribution in [0.25, 0.3) is 0 Å². The number of carbonyl (C=O) groups is 1. The minimum absolute atomic E-state index is 0.00611. The van der Waals surface area contributed by atoms with Crippen LogP contribution in [-0.4, -0.2) is 56.3 Å². The standard InChI is InChI=1S/C20H32N4O2/c1-5-26-19(25)24-13-11-17(12-14-24)23-18(21-4)22-15-20(2,3)16-9-7-6-8-10-16/h6-10,17H,5,11-15H2,1-4H3,(H2,21,22,23). The molecule has 1 saturated heterocycles. The molecule has 0 radical (unpaired) electrons. The monoisotopic (exact) mass is 360 g/mol. The van der Waals surface area contributed by atoms with Crippen molar-refractivity contribution in [1.29, 1.82) is 0 Å². The number of nitrogens with one attached hydrogen (secondary N) is 2. The Hall–Kier alpha value is -2.24. The second-order valence-electron chi connectivity index (χ2n) is 7.28. The van der Waals surface area contributed by atoms with Crippen LogP contribution in [0, 0.1) is 0 Å². The lowest BCUT2D eigenvalue weighted by Gasteiger charge is -2.33. The highest BCUT2D eigenvalue weighted by atomic mass is 16.6. The summed E-state index contributed by atoms with van der Waals surface area (Å²) in [6.45, 7) is 8.91. The minimum Gasteiger partial charge on any atom is -0.450 e. The summed E-state index contributed by atoms with van der Waals surface area (Å²) < 4.78 is 5.07. The molecular formula is C20H32N4O2. The molecule has 0 atom stereocenters. The van der Waals surface area contributed by atoms with Crippen LogP contribution < -0.4 is 10.6 Å². The van der Waals surface area contributed by atoms with E-state index in [1.807, 2.05) is 13.0 Å². The van der Waals surface area contributed by atoms with E-state index in [1.165, 1.54) is 5.56 Å². The highest BCUT2D eigenvalue weighted by Gasteiger charge is 2.25. The first kappa shape index (κ1) is 20.1. The lowest BCUT2D eigenvalue weighted by molar-refractivity contribution is 0.0963. The maximum Gasteiger partial charge on any atom is 0.409 e. The van der Waals surface area contributed by atoms with Crippen molar-refractivity contribution in [3.8, 4) is 0 Å². The van der Waals surface area contributed by atoms with Crippen molar-refractivity contribution in [3.05, 3.63) is 35.9 Å². The summed E-state index contributed by atoms with van der Waals surface area (Å²) in [6, 6.07) is 10.8. The second kappa shape index (κ2) is 9.46. The zero-order valence-electron chi connectivity index (χ0n) is 16.4.